The van der Waals surface area contributed by atoms with Crippen LogP contribution in [-0.4, -0.2) is 10.7 Å². The van der Waals surface area contributed by atoms with E-state index >= 15 is 0 Å². The molecule has 15 heavy (non-hydrogen) atoms. The maximum absolute atomic E-state index is 10.5. The Balaban J connectivity index is 2.78. The quantitative estimate of drug-likeness (QED) is 0.371. The number of nitrogens with zero attached hydrogens (tertiary/aromatic N) is 1. The van der Waals surface area contributed by atoms with Crippen LogP contribution in [0.1, 0.15) is 13.8 Å². The zero-order valence-corrected chi connectivity index (χ0v) is 9.58. The van der Waals surface area contributed by atoms with Gasteiger partial charge in [-0.25, -0.2) is 0 Å². The van der Waals surface area contributed by atoms with E-state index in [2.05, 4.69) is 13.8 Å². The van der Waals surface area contributed by atoms with Crippen molar-refractivity contribution in [1.82, 2.24) is 0 Å². The molecular weight excluding hydrogens is 212 g/mol. The number of hydrogen-bond donors (Lipinski definition) is 1. The molecule has 0 atom stereocenters. The third-order valence-corrected chi connectivity index (χ3v) is 3.20. The van der Waals surface area contributed by atoms with Crippen LogP contribution < -0.4 is 5.73 Å². The predicted octanol–water partition coefficient (Wildman–Crippen LogP) is 2.93. The van der Waals surface area contributed by atoms with Crippen molar-refractivity contribution in [2.75, 3.05) is 11.5 Å². The van der Waals surface area contributed by atoms with Crippen molar-refractivity contribution < 1.29 is 4.92 Å². The Bertz CT molecular complexity index is 366. The van der Waals surface area contributed by atoms with Crippen molar-refractivity contribution in [3.8, 4) is 0 Å². The lowest BCUT2D eigenvalue weighted by Crippen LogP contribution is -1.96. The number of hydrogen-bond acceptors (Lipinski definition) is 4. The molecule has 1 aromatic carbocycles. The number of nitro benzene ring substituents is 1. The van der Waals surface area contributed by atoms with Crippen LogP contribution in [0, 0.1) is 16.0 Å². The van der Waals surface area contributed by atoms with E-state index in [9.17, 15) is 10.1 Å². The number of anilines is 1. The minimum atomic E-state index is -0.466. The molecule has 0 saturated carbocycles. The van der Waals surface area contributed by atoms with Gasteiger partial charge in [0.25, 0.3) is 5.69 Å². The number of benzene rings is 1. The van der Waals surface area contributed by atoms with Crippen LogP contribution in [0.2, 0.25) is 0 Å². The topological polar surface area (TPSA) is 69.2 Å². The van der Waals surface area contributed by atoms with Gasteiger partial charge in [-0.15, -0.1) is 11.8 Å². The lowest BCUT2D eigenvalue weighted by atomic mass is 10.3. The van der Waals surface area contributed by atoms with Gasteiger partial charge in [0.15, 0.2) is 0 Å². The van der Waals surface area contributed by atoms with Gasteiger partial charge in [-0.3, -0.25) is 10.1 Å². The molecule has 1 aromatic rings. The normalized spacial score (nSPS) is 10.6. The average Bonchev–Trinajstić information content (AvgIpc) is 2.14. The van der Waals surface area contributed by atoms with Gasteiger partial charge >= 0.3 is 0 Å². The molecule has 0 aliphatic carbocycles. The number of thioether (sulfide) groups is 1. The lowest BCUT2D eigenvalue weighted by molar-refractivity contribution is -0.383. The molecule has 0 bridgehead atoms. The highest BCUT2D eigenvalue weighted by atomic mass is 32.2. The molecule has 0 heterocycles. The molecule has 0 aliphatic heterocycles. The molecule has 0 aliphatic rings. The van der Waals surface area contributed by atoms with E-state index in [0.29, 0.717) is 5.92 Å². The van der Waals surface area contributed by atoms with E-state index in [-0.39, 0.29) is 11.4 Å². The Morgan fingerprint density at radius 2 is 2.20 bits per heavy atom. The van der Waals surface area contributed by atoms with Gasteiger partial charge in [-0.2, -0.15) is 0 Å². The fourth-order valence-electron chi connectivity index (χ4n) is 1.05. The van der Waals surface area contributed by atoms with Crippen molar-refractivity contribution >= 4 is 23.1 Å². The summed E-state index contributed by atoms with van der Waals surface area (Å²) in [4.78, 5) is 11.0. The minimum Gasteiger partial charge on any atom is -0.393 e. The van der Waals surface area contributed by atoms with Crippen LogP contribution >= 0.6 is 11.8 Å². The monoisotopic (exact) mass is 226 g/mol. The lowest BCUT2D eigenvalue weighted by Gasteiger charge is -2.05. The first-order chi connectivity index (χ1) is 7.00. The van der Waals surface area contributed by atoms with Gasteiger partial charge < -0.3 is 5.73 Å². The minimum absolute atomic E-state index is 0.0242. The molecule has 0 spiro atoms. The Morgan fingerprint density at radius 3 is 2.67 bits per heavy atom. The molecule has 0 unspecified atom stereocenters. The van der Waals surface area contributed by atoms with Crippen molar-refractivity contribution in [3.05, 3.63) is 28.3 Å². The highest BCUT2D eigenvalue weighted by molar-refractivity contribution is 7.99. The van der Waals surface area contributed by atoms with Crippen LogP contribution in [0.4, 0.5) is 11.4 Å². The standard InChI is InChI=1S/C10H14N2O2S/c1-7(2)6-15-8-3-4-10(12(13)14)9(11)5-8/h3-5,7H,6,11H2,1-2H3. The summed E-state index contributed by atoms with van der Waals surface area (Å²) in [6.45, 7) is 4.25. The van der Waals surface area contributed by atoms with E-state index in [1.807, 2.05) is 0 Å². The first-order valence-corrected chi connectivity index (χ1v) is 5.66. The van der Waals surface area contributed by atoms with Crippen LogP contribution in [-0.2, 0) is 0 Å². The molecular formula is C10H14N2O2S. The Kier molecular flexibility index (Phi) is 3.96. The summed E-state index contributed by atoms with van der Waals surface area (Å²) in [6, 6.07) is 4.85. The molecule has 2 N–H and O–H groups in total. The number of nitrogen functional groups attached to an aromatic ring is 1. The molecule has 4 nitrogen and oxygen atoms in total. The molecule has 0 saturated heterocycles. The number of nitrogens with two attached hydrogens (primary N) is 1. The van der Waals surface area contributed by atoms with Gasteiger partial charge in [-0.1, -0.05) is 13.8 Å². The molecule has 0 amide bonds. The van der Waals surface area contributed by atoms with Crippen molar-refractivity contribution in [2.45, 2.75) is 18.7 Å². The molecule has 82 valence electrons. The van der Waals surface area contributed by atoms with Gasteiger partial charge in [0.05, 0.1) is 4.92 Å². The first kappa shape index (κ1) is 11.8. The van der Waals surface area contributed by atoms with Crippen molar-refractivity contribution in [2.24, 2.45) is 5.92 Å². The van der Waals surface area contributed by atoms with E-state index in [0.717, 1.165) is 10.6 Å². The average molecular weight is 226 g/mol. The molecule has 5 heteroatoms. The Hall–Kier alpha value is -1.23. The summed E-state index contributed by atoms with van der Waals surface area (Å²) >= 11 is 1.66. The molecule has 0 radical (unpaired) electrons. The zero-order valence-electron chi connectivity index (χ0n) is 8.77. The van der Waals surface area contributed by atoms with Crippen molar-refractivity contribution in [3.63, 3.8) is 0 Å². The van der Waals surface area contributed by atoms with Gasteiger partial charge in [0, 0.05) is 16.7 Å². The fourth-order valence-corrected chi connectivity index (χ4v) is 1.95. The summed E-state index contributed by atoms with van der Waals surface area (Å²) in [5.74, 6) is 1.57. The van der Waals surface area contributed by atoms with E-state index < -0.39 is 4.92 Å². The molecule has 0 aromatic heterocycles. The third kappa shape index (κ3) is 3.43. The predicted molar refractivity (Wildman–Crippen MR) is 63.1 cm³/mol. The molecule has 1 rings (SSSR count). The van der Waals surface area contributed by atoms with E-state index in [4.69, 9.17) is 5.73 Å². The summed E-state index contributed by atoms with van der Waals surface area (Å²) in [5.41, 5.74) is 5.78. The van der Waals surface area contributed by atoms with E-state index in [1.165, 1.54) is 6.07 Å². The second-order valence-electron chi connectivity index (χ2n) is 3.68. The second kappa shape index (κ2) is 5.02. The summed E-state index contributed by atoms with van der Waals surface area (Å²) in [5, 5.41) is 10.5. The zero-order chi connectivity index (χ0) is 11.4. The highest BCUT2D eigenvalue weighted by Crippen LogP contribution is 2.28. The van der Waals surface area contributed by atoms with Gasteiger partial charge in [-0.05, 0) is 18.1 Å². The molecule has 0 fully saturated rings. The van der Waals surface area contributed by atoms with E-state index in [1.54, 1.807) is 23.9 Å². The van der Waals surface area contributed by atoms with Crippen LogP contribution in [0.3, 0.4) is 0 Å². The first-order valence-electron chi connectivity index (χ1n) is 4.67. The maximum atomic E-state index is 10.5. The van der Waals surface area contributed by atoms with Crippen LogP contribution in [0.25, 0.3) is 0 Å². The Morgan fingerprint density at radius 1 is 1.53 bits per heavy atom. The fraction of sp³-hybridized carbons (Fsp3) is 0.400. The summed E-state index contributed by atoms with van der Waals surface area (Å²) in [6.07, 6.45) is 0. The third-order valence-electron chi connectivity index (χ3n) is 1.78. The van der Waals surface area contributed by atoms with Gasteiger partial charge in [0.2, 0.25) is 0 Å². The van der Waals surface area contributed by atoms with Gasteiger partial charge in [0.1, 0.15) is 5.69 Å². The SMILES string of the molecule is CC(C)CSc1ccc([N+](=O)[O-])c(N)c1. The van der Waals surface area contributed by atoms with Crippen molar-refractivity contribution in [1.29, 1.82) is 0 Å². The summed E-state index contributed by atoms with van der Waals surface area (Å²) < 4.78 is 0. The Labute approximate surface area is 93.0 Å². The number of rotatable bonds is 4. The largest absolute Gasteiger partial charge is 0.393 e. The van der Waals surface area contributed by atoms with Crippen LogP contribution in [0.15, 0.2) is 23.1 Å². The summed E-state index contributed by atoms with van der Waals surface area (Å²) in [7, 11) is 0. The maximum Gasteiger partial charge on any atom is 0.292 e. The van der Waals surface area contributed by atoms with Crippen LogP contribution in [0.5, 0.6) is 0 Å². The second-order valence-corrected chi connectivity index (χ2v) is 4.78. The highest BCUT2D eigenvalue weighted by Gasteiger charge is 2.11. The smallest absolute Gasteiger partial charge is 0.292 e. The number of nitro groups is 1.